The van der Waals surface area contributed by atoms with Gasteiger partial charge in [0.05, 0.1) is 0 Å². The van der Waals surface area contributed by atoms with E-state index < -0.39 is 0 Å². The van der Waals surface area contributed by atoms with E-state index in [9.17, 15) is 0 Å². The number of hydrogen-bond acceptors (Lipinski definition) is 3. The van der Waals surface area contributed by atoms with Gasteiger partial charge in [-0.1, -0.05) is 57.6 Å². The predicted molar refractivity (Wildman–Crippen MR) is 114 cm³/mol. The molecule has 0 aromatic heterocycles. The van der Waals surface area contributed by atoms with Gasteiger partial charge in [-0.25, -0.2) is 0 Å². The third-order valence-electron chi connectivity index (χ3n) is 4.99. The fourth-order valence-corrected chi connectivity index (χ4v) is 3.30. The van der Waals surface area contributed by atoms with Crippen molar-refractivity contribution in [1.82, 2.24) is 5.32 Å². The maximum absolute atomic E-state index is 5.65. The highest BCUT2D eigenvalue weighted by molar-refractivity contribution is 4.81. The quantitative estimate of drug-likeness (QED) is 0.209. The van der Waals surface area contributed by atoms with Crippen LogP contribution in [0.4, 0.5) is 0 Å². The minimum absolute atomic E-state index is 0.708. The van der Waals surface area contributed by atoms with E-state index in [0.717, 1.165) is 39.0 Å². The number of hydrogen-bond donors (Lipinski definition) is 3. The van der Waals surface area contributed by atoms with Gasteiger partial charge in [-0.05, 0) is 83.5 Å². The molecule has 0 saturated carbocycles. The summed E-state index contributed by atoms with van der Waals surface area (Å²) >= 11 is 0. The molecule has 0 bridgehead atoms. The monoisotopic (exact) mass is 353 g/mol. The summed E-state index contributed by atoms with van der Waals surface area (Å²) in [4.78, 5) is 0. The Balaban J connectivity index is 3.23. The average molecular weight is 354 g/mol. The van der Waals surface area contributed by atoms with E-state index in [4.69, 9.17) is 11.5 Å². The highest BCUT2D eigenvalue weighted by atomic mass is 14.8. The van der Waals surface area contributed by atoms with Crippen LogP contribution in [0.5, 0.6) is 0 Å². The van der Waals surface area contributed by atoms with Gasteiger partial charge < -0.3 is 16.8 Å². The molecule has 0 amide bonds. The zero-order valence-corrected chi connectivity index (χ0v) is 17.1. The second kappa shape index (κ2) is 21.7. The number of nitrogens with two attached hydrogens (primary N) is 2. The van der Waals surface area contributed by atoms with E-state index >= 15 is 0 Å². The summed E-state index contributed by atoms with van der Waals surface area (Å²) < 4.78 is 0. The van der Waals surface area contributed by atoms with Gasteiger partial charge >= 0.3 is 0 Å². The molecule has 25 heavy (non-hydrogen) atoms. The second-order valence-electron chi connectivity index (χ2n) is 7.44. The molecule has 0 fully saturated rings. The van der Waals surface area contributed by atoms with E-state index in [1.165, 1.54) is 77.0 Å². The van der Waals surface area contributed by atoms with Crippen molar-refractivity contribution in [2.45, 2.75) is 96.8 Å². The number of nitrogens with one attached hydrogen (secondary N) is 1. The Morgan fingerprint density at radius 1 is 0.680 bits per heavy atom. The molecule has 0 rings (SSSR count). The van der Waals surface area contributed by atoms with Gasteiger partial charge in [0.2, 0.25) is 0 Å². The highest BCUT2D eigenvalue weighted by Crippen LogP contribution is 2.11. The summed E-state index contributed by atoms with van der Waals surface area (Å²) in [5.74, 6) is 0.708. The van der Waals surface area contributed by atoms with Crippen LogP contribution in [-0.4, -0.2) is 26.2 Å². The lowest BCUT2D eigenvalue weighted by Crippen LogP contribution is -2.22. The highest BCUT2D eigenvalue weighted by Gasteiger charge is 2.05. The Kier molecular flexibility index (Phi) is 21.3. The van der Waals surface area contributed by atoms with Crippen LogP contribution in [0.25, 0.3) is 0 Å². The van der Waals surface area contributed by atoms with Crippen LogP contribution in [-0.2, 0) is 0 Å². The average Bonchev–Trinajstić information content (AvgIpc) is 2.61. The van der Waals surface area contributed by atoms with E-state index in [1.54, 1.807) is 0 Å². The number of rotatable bonds is 20. The number of allylic oxidation sites excluding steroid dienone is 2. The lowest BCUT2D eigenvalue weighted by molar-refractivity contribution is 0.416. The molecular weight excluding hydrogens is 306 g/mol. The van der Waals surface area contributed by atoms with Crippen molar-refractivity contribution in [3.8, 4) is 0 Å². The van der Waals surface area contributed by atoms with Crippen molar-refractivity contribution in [1.29, 1.82) is 0 Å². The summed E-state index contributed by atoms with van der Waals surface area (Å²) in [7, 11) is 0. The van der Waals surface area contributed by atoms with Crippen molar-refractivity contribution < 1.29 is 0 Å². The second-order valence-corrected chi connectivity index (χ2v) is 7.44. The van der Waals surface area contributed by atoms with Gasteiger partial charge in [0.15, 0.2) is 0 Å². The first-order valence-electron chi connectivity index (χ1n) is 11.1. The van der Waals surface area contributed by atoms with Crippen LogP contribution >= 0.6 is 0 Å². The van der Waals surface area contributed by atoms with Gasteiger partial charge in [0, 0.05) is 0 Å². The van der Waals surface area contributed by atoms with Crippen LogP contribution < -0.4 is 16.8 Å². The Morgan fingerprint density at radius 2 is 1.24 bits per heavy atom. The molecule has 0 aliphatic rings. The Morgan fingerprint density at radius 3 is 1.84 bits per heavy atom. The summed E-state index contributed by atoms with van der Waals surface area (Å²) in [5.41, 5.74) is 11.3. The van der Waals surface area contributed by atoms with Crippen LogP contribution in [0.3, 0.4) is 0 Å². The first-order valence-corrected chi connectivity index (χ1v) is 11.1. The third kappa shape index (κ3) is 19.8. The smallest absolute Gasteiger partial charge is 0.00463 e. The molecule has 0 aliphatic carbocycles. The van der Waals surface area contributed by atoms with E-state index in [1.807, 2.05) is 0 Å². The molecule has 0 unspecified atom stereocenters. The van der Waals surface area contributed by atoms with E-state index in [-0.39, 0.29) is 0 Å². The molecule has 0 atom stereocenters. The molecule has 3 heteroatoms. The van der Waals surface area contributed by atoms with Gasteiger partial charge in [0.25, 0.3) is 0 Å². The minimum atomic E-state index is 0.708. The lowest BCUT2D eigenvalue weighted by atomic mass is 9.97. The Labute approximate surface area is 158 Å². The van der Waals surface area contributed by atoms with Gasteiger partial charge in [-0.15, -0.1) is 0 Å². The van der Waals surface area contributed by atoms with Crippen LogP contribution in [0.15, 0.2) is 12.2 Å². The fourth-order valence-electron chi connectivity index (χ4n) is 3.30. The molecule has 0 saturated heterocycles. The normalized spacial score (nSPS) is 11.8. The van der Waals surface area contributed by atoms with Crippen LogP contribution in [0.2, 0.25) is 0 Å². The minimum Gasteiger partial charge on any atom is -0.330 e. The topological polar surface area (TPSA) is 64.1 Å². The van der Waals surface area contributed by atoms with Crippen molar-refractivity contribution in [3.05, 3.63) is 12.2 Å². The molecule has 150 valence electrons. The van der Waals surface area contributed by atoms with Gasteiger partial charge in [-0.3, -0.25) is 0 Å². The lowest BCUT2D eigenvalue weighted by Gasteiger charge is -2.15. The molecule has 0 aromatic rings. The van der Waals surface area contributed by atoms with Crippen molar-refractivity contribution >= 4 is 0 Å². The van der Waals surface area contributed by atoms with Gasteiger partial charge in [-0.2, -0.15) is 0 Å². The molecule has 0 heterocycles. The van der Waals surface area contributed by atoms with E-state index in [0.29, 0.717) is 5.92 Å². The molecule has 0 aromatic carbocycles. The summed E-state index contributed by atoms with van der Waals surface area (Å²) in [6.07, 6.45) is 23.1. The fraction of sp³-hybridized carbons (Fsp3) is 0.909. The molecule has 5 N–H and O–H groups in total. The zero-order chi connectivity index (χ0) is 18.4. The van der Waals surface area contributed by atoms with Crippen LogP contribution in [0, 0.1) is 5.92 Å². The van der Waals surface area contributed by atoms with E-state index in [2.05, 4.69) is 24.4 Å². The van der Waals surface area contributed by atoms with Crippen LogP contribution in [0.1, 0.15) is 96.8 Å². The maximum atomic E-state index is 5.65. The summed E-state index contributed by atoms with van der Waals surface area (Å²) in [5, 5.41) is 3.57. The van der Waals surface area contributed by atoms with Gasteiger partial charge in [0.1, 0.15) is 0 Å². The molecule has 0 spiro atoms. The zero-order valence-electron chi connectivity index (χ0n) is 17.1. The Bertz CT molecular complexity index is 260. The first-order chi connectivity index (χ1) is 12.3. The number of unbranched alkanes of at least 4 members (excludes halogenated alkanes) is 9. The molecule has 0 radical (unpaired) electrons. The van der Waals surface area contributed by atoms with Crippen molar-refractivity contribution in [3.63, 3.8) is 0 Å². The molecule has 0 aliphatic heterocycles. The largest absolute Gasteiger partial charge is 0.330 e. The molecule has 3 nitrogen and oxygen atoms in total. The maximum Gasteiger partial charge on any atom is -0.00463 e. The summed E-state index contributed by atoms with van der Waals surface area (Å²) in [6, 6.07) is 0. The predicted octanol–water partition coefficient (Wildman–Crippen LogP) is 5.15. The third-order valence-corrected chi connectivity index (χ3v) is 4.99. The summed E-state index contributed by atoms with van der Waals surface area (Å²) in [6.45, 7) is 6.12. The standard InChI is InChI=1S/C22H47N3/c1-2-3-4-5-6-7-8-9-10-11-12-13-14-20-25-21-17-22(15-18-23)16-19-24/h9-10,22,25H,2-8,11-21,23-24H2,1H3/b10-9-. The molecular formula is C22H47N3. The Hall–Kier alpha value is -0.380. The van der Waals surface area contributed by atoms with Crippen molar-refractivity contribution in [2.24, 2.45) is 17.4 Å². The van der Waals surface area contributed by atoms with Crippen molar-refractivity contribution in [2.75, 3.05) is 26.2 Å². The SMILES string of the molecule is CCCCCCCC/C=C\CCCCCNCCC(CCN)CCN. The first kappa shape index (κ1) is 24.6.